The predicted molar refractivity (Wildman–Crippen MR) is 41.0 cm³/mol. The van der Waals surface area contributed by atoms with Crippen molar-refractivity contribution in [2.75, 3.05) is 0 Å². The molecule has 0 aliphatic carbocycles. The van der Waals surface area contributed by atoms with E-state index in [-0.39, 0.29) is 20.7 Å². The number of halogens is 1. The number of hydrogen-bond donors (Lipinski definition) is 0. The van der Waals surface area contributed by atoms with Crippen molar-refractivity contribution in [3.05, 3.63) is 0 Å². The summed E-state index contributed by atoms with van der Waals surface area (Å²) in [6, 6.07) is 0. The van der Waals surface area contributed by atoms with Crippen LogP contribution in [-0.4, -0.2) is 20.7 Å². The van der Waals surface area contributed by atoms with Crippen LogP contribution in [0, 0.1) is 0 Å². The molecule has 10 heavy (non-hydrogen) atoms. The zero-order valence-electron chi connectivity index (χ0n) is 4.67. The van der Waals surface area contributed by atoms with Crippen LogP contribution in [-0.2, 0) is 27.7 Å². The van der Waals surface area contributed by atoms with Crippen LogP contribution >= 0.6 is 20.3 Å². The van der Waals surface area contributed by atoms with Gasteiger partial charge in [-0.2, -0.15) is 0 Å². The molecule has 0 N–H and O–H groups in total. The van der Waals surface area contributed by atoms with E-state index in [9.17, 15) is 19.2 Å². The van der Waals surface area contributed by atoms with Gasteiger partial charge in [0.05, 0.1) is 0 Å². The molecule has 0 aromatic rings. The van der Waals surface area contributed by atoms with E-state index in [0.29, 0.717) is 0 Å². The molecule has 0 aromatic heterocycles. The average Bonchev–Trinajstić information content (AvgIpc) is 2.04. The summed E-state index contributed by atoms with van der Waals surface area (Å²) in [5, 5.41) is 0.597. The fourth-order valence-electron chi connectivity index (χ4n) is 0.118. The SMILES string of the molecule is O=[CH][Fe]([I])([CH]=O)([CH]=O)[CH]=O. The standard InChI is InChI=1S/4CHO.Fe.HI/c4*1-2;;/h4*1H;;1H/q;;;;+1;/p-1. The van der Waals surface area contributed by atoms with E-state index in [1.54, 1.807) is 0 Å². The van der Waals surface area contributed by atoms with Crippen LogP contribution in [0.5, 0.6) is 0 Å². The van der Waals surface area contributed by atoms with Gasteiger partial charge < -0.3 is 0 Å². The molecular weight excluding hydrogens is 295 g/mol. The molecule has 0 saturated carbocycles. The first-order chi connectivity index (χ1) is 4.54. The van der Waals surface area contributed by atoms with Gasteiger partial charge in [0.2, 0.25) is 0 Å². The Morgan fingerprint density at radius 1 is 0.800 bits per heavy atom. The van der Waals surface area contributed by atoms with E-state index >= 15 is 0 Å². The number of carbonyl (C=O) groups is 4. The monoisotopic (exact) mass is 299 g/mol. The summed E-state index contributed by atoms with van der Waals surface area (Å²) in [5.74, 6) is 0. The van der Waals surface area contributed by atoms with Crippen molar-refractivity contribution in [1.29, 1.82) is 0 Å². The Balaban J connectivity index is 5.16. The van der Waals surface area contributed by atoms with Gasteiger partial charge in [-0.25, -0.2) is 0 Å². The van der Waals surface area contributed by atoms with Crippen LogP contribution in [0.3, 0.4) is 0 Å². The molecule has 4 nitrogen and oxygen atoms in total. The fourth-order valence-corrected chi connectivity index (χ4v) is 0.486. The molecule has 0 rings (SSSR count). The molecule has 0 amide bonds. The van der Waals surface area contributed by atoms with Gasteiger partial charge in [0.15, 0.2) is 0 Å². The van der Waals surface area contributed by atoms with Crippen molar-refractivity contribution in [3.63, 3.8) is 0 Å². The maximum absolute atomic E-state index is 10.2. The molecule has 0 aromatic carbocycles. The summed E-state index contributed by atoms with van der Waals surface area (Å²) in [6.07, 6.45) is 0. The normalized spacial score (nSPS) is 14.3. The van der Waals surface area contributed by atoms with E-state index in [4.69, 9.17) is 0 Å². The molecule has 0 spiro atoms. The van der Waals surface area contributed by atoms with E-state index in [0.717, 1.165) is 0 Å². The Labute approximate surface area is 68.7 Å². The summed E-state index contributed by atoms with van der Waals surface area (Å²) in [6.45, 7) is 0. The Hall–Kier alpha value is -0.0705. The quantitative estimate of drug-likeness (QED) is 0.409. The van der Waals surface area contributed by atoms with Gasteiger partial charge in [-0.1, -0.05) is 0 Å². The zero-order chi connectivity index (χ0) is 8.28. The van der Waals surface area contributed by atoms with Gasteiger partial charge in [0.1, 0.15) is 0 Å². The van der Waals surface area contributed by atoms with Gasteiger partial charge in [0.25, 0.3) is 0 Å². The molecule has 6 heteroatoms. The Kier molecular flexibility index (Phi) is 2.87. The van der Waals surface area contributed by atoms with Gasteiger partial charge in [-0.3, -0.25) is 0 Å². The van der Waals surface area contributed by atoms with Crippen molar-refractivity contribution in [2.24, 2.45) is 0 Å². The molecular formula is C4H4FeIO4. The maximum atomic E-state index is 10.2. The molecule has 0 fully saturated rings. The van der Waals surface area contributed by atoms with Gasteiger partial charge >= 0.3 is 68.8 Å². The van der Waals surface area contributed by atoms with Crippen molar-refractivity contribution in [3.8, 4) is 0 Å². The summed E-state index contributed by atoms with van der Waals surface area (Å²) >= 11 is 1.33. The third-order valence-electron chi connectivity index (χ3n) is 0.703. The van der Waals surface area contributed by atoms with Crippen molar-refractivity contribution < 1.29 is 27.7 Å². The minimum absolute atomic E-state index is 0.149. The second kappa shape index (κ2) is 2.89. The molecule has 0 bridgehead atoms. The molecule has 0 unspecified atom stereocenters. The summed E-state index contributed by atoms with van der Waals surface area (Å²) in [7, 11) is -4.02. The number of rotatable bonds is 4. The van der Waals surface area contributed by atoms with E-state index in [1.807, 2.05) is 0 Å². The Morgan fingerprint density at radius 2 is 1.00 bits per heavy atom. The predicted octanol–water partition coefficient (Wildman–Crippen LogP) is -0.213. The topological polar surface area (TPSA) is 68.3 Å². The molecule has 0 aliphatic heterocycles. The van der Waals surface area contributed by atoms with Crippen LogP contribution in [0.15, 0.2) is 0 Å². The second-order valence-corrected chi connectivity index (χ2v) is 12.8. The van der Waals surface area contributed by atoms with Crippen LogP contribution < -0.4 is 0 Å². The molecule has 0 heterocycles. The summed E-state index contributed by atoms with van der Waals surface area (Å²) < 4.78 is 0. The van der Waals surface area contributed by atoms with Crippen LogP contribution in [0.25, 0.3) is 0 Å². The van der Waals surface area contributed by atoms with Gasteiger partial charge in [0, 0.05) is 0 Å². The van der Waals surface area contributed by atoms with Crippen molar-refractivity contribution in [1.82, 2.24) is 0 Å². The minimum atomic E-state index is -4.02. The first-order valence-electron chi connectivity index (χ1n) is 1.89. The Bertz CT molecular complexity index is 158. The van der Waals surface area contributed by atoms with Gasteiger partial charge in [-0.15, -0.1) is 0 Å². The van der Waals surface area contributed by atoms with Crippen LogP contribution in [0.1, 0.15) is 0 Å². The molecule has 0 aliphatic rings. The first-order valence-corrected chi connectivity index (χ1v) is 8.01. The zero-order valence-corrected chi connectivity index (χ0v) is 7.94. The molecule has 0 saturated heterocycles. The average molecular weight is 299 g/mol. The van der Waals surface area contributed by atoms with Gasteiger partial charge in [-0.05, 0) is 0 Å². The molecule has 0 radical (unpaired) electrons. The molecule has 59 valence electrons. The summed E-state index contributed by atoms with van der Waals surface area (Å²) in [4.78, 5) is 40.8. The summed E-state index contributed by atoms with van der Waals surface area (Å²) in [5.41, 5.74) is 0. The van der Waals surface area contributed by atoms with Crippen LogP contribution in [0.4, 0.5) is 0 Å². The number of carbonyl (C=O) groups excluding carboxylic acids is 4. The second-order valence-electron chi connectivity index (χ2n) is 1.35. The van der Waals surface area contributed by atoms with Crippen molar-refractivity contribution >= 4 is 41.1 Å². The Morgan fingerprint density at radius 3 is 1.00 bits per heavy atom. The van der Waals surface area contributed by atoms with E-state index in [2.05, 4.69) is 0 Å². The van der Waals surface area contributed by atoms with E-state index in [1.165, 1.54) is 20.3 Å². The van der Waals surface area contributed by atoms with Crippen molar-refractivity contribution in [2.45, 2.75) is 0 Å². The fraction of sp³-hybridized carbons (Fsp3) is 0. The first kappa shape index (κ1) is 9.93. The third kappa shape index (κ3) is 1.50. The third-order valence-corrected chi connectivity index (χ3v) is 5.87. The van der Waals surface area contributed by atoms with Crippen LogP contribution in [0.2, 0.25) is 0 Å². The number of hydrogen-bond acceptors (Lipinski definition) is 4. The van der Waals surface area contributed by atoms with E-state index < -0.39 is 8.54 Å². The molecule has 0 atom stereocenters.